The van der Waals surface area contributed by atoms with Crippen molar-refractivity contribution in [2.45, 2.75) is 23.8 Å². The molecule has 2 aromatic carbocycles. The lowest BCUT2D eigenvalue weighted by molar-refractivity contribution is -0.137. The number of aliphatic carboxylic acids is 1. The number of sulfonamides is 1. The van der Waals surface area contributed by atoms with Crippen LogP contribution in [0.1, 0.15) is 24.4 Å². The Kier molecular flexibility index (Phi) is 6.89. The predicted molar refractivity (Wildman–Crippen MR) is 108 cm³/mol. The van der Waals surface area contributed by atoms with Crippen LogP contribution in [-0.2, 0) is 14.8 Å². The minimum absolute atomic E-state index is 0.0225. The molecule has 0 aliphatic carbocycles. The molecule has 1 saturated heterocycles. The third-order valence-corrected chi connectivity index (χ3v) is 7.22. The highest BCUT2D eigenvalue weighted by atomic mass is 35.5. The van der Waals surface area contributed by atoms with Crippen molar-refractivity contribution in [3.8, 4) is 0 Å². The highest BCUT2D eigenvalue weighted by molar-refractivity contribution is 7.89. The first-order chi connectivity index (χ1) is 13.8. The highest BCUT2D eigenvalue weighted by Gasteiger charge is 2.31. The van der Waals surface area contributed by atoms with Crippen molar-refractivity contribution in [3.05, 3.63) is 64.9 Å². The number of carboxylic acid groups (broad SMARTS) is 1. The fraction of sp³-hybridized carbons (Fsp3) is 0.350. The standard InChI is InChI=1S/C20H22ClFN2O4S/c21-16-3-7-18(8-4-16)29(27,28)24-13-11-23(12-14-24)19(9-10-20(25)26)15-1-5-17(22)6-2-15/h1-8,19H,9-14H2,(H,25,26)/t19-/m1/s1. The first kappa shape index (κ1) is 21.7. The predicted octanol–water partition coefficient (Wildman–Crippen LogP) is 3.39. The average molecular weight is 441 g/mol. The third kappa shape index (κ3) is 5.33. The van der Waals surface area contributed by atoms with E-state index in [4.69, 9.17) is 16.7 Å². The van der Waals surface area contributed by atoms with Gasteiger partial charge in [-0.15, -0.1) is 0 Å². The summed E-state index contributed by atoms with van der Waals surface area (Å²) < 4.78 is 40.4. The van der Waals surface area contributed by atoms with Gasteiger partial charge in [-0.25, -0.2) is 12.8 Å². The monoisotopic (exact) mass is 440 g/mol. The van der Waals surface area contributed by atoms with Gasteiger partial charge < -0.3 is 5.11 Å². The Labute approximate surface area is 174 Å². The van der Waals surface area contributed by atoms with Crippen LogP contribution in [0, 0.1) is 5.82 Å². The molecule has 1 fully saturated rings. The molecule has 1 N–H and O–H groups in total. The molecule has 0 bridgehead atoms. The first-order valence-electron chi connectivity index (χ1n) is 9.24. The normalized spacial score (nSPS) is 17.2. The van der Waals surface area contributed by atoms with Gasteiger partial charge >= 0.3 is 5.97 Å². The van der Waals surface area contributed by atoms with Crippen LogP contribution in [0.15, 0.2) is 53.4 Å². The summed E-state index contributed by atoms with van der Waals surface area (Å²) in [4.78, 5) is 13.3. The molecule has 156 valence electrons. The quantitative estimate of drug-likeness (QED) is 0.714. The fourth-order valence-corrected chi connectivity index (χ4v) is 5.06. The second-order valence-electron chi connectivity index (χ2n) is 6.89. The number of hydrogen-bond acceptors (Lipinski definition) is 4. The average Bonchev–Trinajstić information content (AvgIpc) is 2.70. The Bertz CT molecular complexity index is 943. The second-order valence-corrected chi connectivity index (χ2v) is 9.27. The molecule has 2 aromatic rings. The molecular formula is C20H22ClFN2O4S. The van der Waals surface area contributed by atoms with Gasteiger partial charge in [0.15, 0.2) is 0 Å². The zero-order valence-electron chi connectivity index (χ0n) is 15.7. The summed E-state index contributed by atoms with van der Waals surface area (Å²) in [5, 5.41) is 9.54. The van der Waals surface area contributed by atoms with Crippen molar-refractivity contribution >= 4 is 27.6 Å². The van der Waals surface area contributed by atoms with Gasteiger partial charge in [0.05, 0.1) is 4.90 Å². The van der Waals surface area contributed by atoms with Crippen LogP contribution >= 0.6 is 11.6 Å². The maximum absolute atomic E-state index is 13.3. The van der Waals surface area contributed by atoms with Gasteiger partial charge in [-0.2, -0.15) is 4.31 Å². The molecule has 1 atom stereocenters. The molecule has 1 aliphatic rings. The van der Waals surface area contributed by atoms with Crippen molar-refractivity contribution in [1.82, 2.24) is 9.21 Å². The molecule has 9 heteroatoms. The van der Waals surface area contributed by atoms with E-state index in [1.54, 1.807) is 24.3 Å². The van der Waals surface area contributed by atoms with Gasteiger partial charge in [-0.3, -0.25) is 9.69 Å². The number of hydrogen-bond donors (Lipinski definition) is 1. The van der Waals surface area contributed by atoms with Gasteiger partial charge in [-0.1, -0.05) is 23.7 Å². The Morgan fingerprint density at radius 2 is 1.62 bits per heavy atom. The van der Waals surface area contributed by atoms with Gasteiger partial charge in [0.25, 0.3) is 0 Å². The molecule has 0 aromatic heterocycles. The molecule has 1 heterocycles. The molecule has 0 spiro atoms. The zero-order valence-corrected chi connectivity index (χ0v) is 17.2. The van der Waals surface area contributed by atoms with E-state index in [0.717, 1.165) is 5.56 Å². The maximum atomic E-state index is 13.3. The third-order valence-electron chi connectivity index (χ3n) is 5.05. The van der Waals surface area contributed by atoms with Crippen LogP contribution < -0.4 is 0 Å². The minimum Gasteiger partial charge on any atom is -0.481 e. The number of piperazine rings is 1. The topological polar surface area (TPSA) is 77.9 Å². The molecule has 1 aliphatic heterocycles. The number of rotatable bonds is 7. The van der Waals surface area contributed by atoms with Crippen LogP contribution in [0.2, 0.25) is 5.02 Å². The lowest BCUT2D eigenvalue weighted by Gasteiger charge is -2.39. The summed E-state index contributed by atoms with van der Waals surface area (Å²) in [5.41, 5.74) is 0.821. The van der Waals surface area contributed by atoms with Crippen molar-refractivity contribution < 1.29 is 22.7 Å². The lowest BCUT2D eigenvalue weighted by Crippen LogP contribution is -2.49. The number of carboxylic acids is 1. The van der Waals surface area contributed by atoms with Crippen LogP contribution in [-0.4, -0.2) is 54.9 Å². The van der Waals surface area contributed by atoms with Crippen molar-refractivity contribution in [3.63, 3.8) is 0 Å². The Morgan fingerprint density at radius 3 is 2.17 bits per heavy atom. The van der Waals surface area contributed by atoms with Gasteiger partial charge in [-0.05, 0) is 48.4 Å². The summed E-state index contributed by atoms with van der Waals surface area (Å²) in [7, 11) is -3.62. The van der Waals surface area contributed by atoms with Crippen molar-refractivity contribution in [2.24, 2.45) is 0 Å². The van der Waals surface area contributed by atoms with Crippen LogP contribution in [0.25, 0.3) is 0 Å². The maximum Gasteiger partial charge on any atom is 0.303 e. The summed E-state index contributed by atoms with van der Waals surface area (Å²) in [5.74, 6) is -1.26. The second kappa shape index (κ2) is 9.21. The van der Waals surface area contributed by atoms with E-state index in [1.807, 2.05) is 0 Å². The van der Waals surface area contributed by atoms with E-state index in [2.05, 4.69) is 4.90 Å². The van der Waals surface area contributed by atoms with Crippen molar-refractivity contribution in [1.29, 1.82) is 0 Å². The lowest BCUT2D eigenvalue weighted by atomic mass is 9.99. The molecule has 0 radical (unpaired) electrons. The van der Waals surface area contributed by atoms with Gasteiger partial charge in [0, 0.05) is 43.7 Å². The number of benzene rings is 2. The molecule has 29 heavy (non-hydrogen) atoms. The Morgan fingerprint density at radius 1 is 1.03 bits per heavy atom. The Hall–Kier alpha value is -2.00. The SMILES string of the molecule is O=C(O)CC[C@H](c1ccc(F)cc1)N1CCN(S(=O)(=O)c2ccc(Cl)cc2)CC1. The summed E-state index contributed by atoms with van der Waals surface area (Å²) in [6.07, 6.45) is 0.343. The largest absolute Gasteiger partial charge is 0.481 e. The van der Waals surface area contributed by atoms with Crippen LogP contribution in [0.4, 0.5) is 4.39 Å². The number of nitrogens with zero attached hydrogens (tertiary/aromatic N) is 2. The van der Waals surface area contributed by atoms with E-state index >= 15 is 0 Å². The molecule has 3 rings (SSSR count). The summed E-state index contributed by atoms with van der Waals surface area (Å²) in [6, 6.07) is 11.8. The smallest absolute Gasteiger partial charge is 0.303 e. The van der Waals surface area contributed by atoms with E-state index in [-0.39, 0.29) is 36.3 Å². The summed E-state index contributed by atoms with van der Waals surface area (Å²) >= 11 is 5.84. The van der Waals surface area contributed by atoms with E-state index < -0.39 is 16.0 Å². The van der Waals surface area contributed by atoms with Crippen LogP contribution in [0.5, 0.6) is 0 Å². The van der Waals surface area contributed by atoms with E-state index in [1.165, 1.54) is 28.6 Å². The van der Waals surface area contributed by atoms with Crippen molar-refractivity contribution in [2.75, 3.05) is 26.2 Å². The number of carbonyl (C=O) groups is 1. The van der Waals surface area contributed by atoms with Gasteiger partial charge in [0.2, 0.25) is 10.0 Å². The molecule has 0 unspecified atom stereocenters. The molecule has 0 saturated carbocycles. The minimum atomic E-state index is -3.62. The molecule has 0 amide bonds. The van der Waals surface area contributed by atoms with Gasteiger partial charge in [0.1, 0.15) is 5.82 Å². The van der Waals surface area contributed by atoms with Crippen LogP contribution in [0.3, 0.4) is 0 Å². The summed E-state index contributed by atoms with van der Waals surface area (Å²) in [6.45, 7) is 1.48. The molecule has 6 nitrogen and oxygen atoms in total. The first-order valence-corrected chi connectivity index (χ1v) is 11.1. The van der Waals surface area contributed by atoms with E-state index in [9.17, 15) is 17.6 Å². The molecular weight excluding hydrogens is 419 g/mol. The Balaban J connectivity index is 1.72. The zero-order chi connectivity index (χ0) is 21.0. The van der Waals surface area contributed by atoms with E-state index in [0.29, 0.717) is 24.5 Å². The number of halogens is 2. The fourth-order valence-electron chi connectivity index (χ4n) is 3.52. The highest BCUT2D eigenvalue weighted by Crippen LogP contribution is 2.28.